The summed E-state index contributed by atoms with van der Waals surface area (Å²) in [7, 11) is 0. The highest BCUT2D eigenvalue weighted by molar-refractivity contribution is 7.80. The van der Waals surface area contributed by atoms with Gasteiger partial charge in [-0.2, -0.15) is 0 Å². The molecule has 1 fully saturated rings. The van der Waals surface area contributed by atoms with Gasteiger partial charge in [-0.3, -0.25) is 4.79 Å². The number of hydrogen-bond donors (Lipinski definition) is 1. The molecule has 0 bridgehead atoms. The van der Waals surface area contributed by atoms with E-state index >= 15 is 0 Å². The van der Waals surface area contributed by atoms with Crippen LogP contribution in [0.2, 0.25) is 0 Å². The first-order valence-electron chi connectivity index (χ1n) is 6.55. The van der Waals surface area contributed by atoms with E-state index in [2.05, 4.69) is 6.92 Å². The number of thiocarbonyl (C=S) groups is 1. The molecule has 1 rings (SSSR count). The van der Waals surface area contributed by atoms with Crippen LogP contribution < -0.4 is 5.73 Å². The second-order valence-corrected chi connectivity index (χ2v) is 5.66. The van der Waals surface area contributed by atoms with E-state index in [-0.39, 0.29) is 5.91 Å². The average Bonchev–Trinajstić information content (AvgIpc) is 2.36. The van der Waals surface area contributed by atoms with E-state index in [1.165, 1.54) is 6.42 Å². The third-order valence-corrected chi connectivity index (χ3v) is 4.56. The number of amides is 1. The minimum absolute atomic E-state index is 0.116. The Labute approximate surface area is 110 Å². The average molecular weight is 256 g/mol. The fourth-order valence-electron chi connectivity index (χ4n) is 2.36. The first-order valence-corrected chi connectivity index (χ1v) is 6.95. The quantitative estimate of drug-likeness (QED) is 0.785. The molecule has 0 spiro atoms. The van der Waals surface area contributed by atoms with Crippen molar-refractivity contribution in [1.29, 1.82) is 0 Å². The lowest BCUT2D eigenvalue weighted by Crippen LogP contribution is -2.51. The number of hydrogen-bond acceptors (Lipinski definition) is 2. The lowest BCUT2D eigenvalue weighted by Gasteiger charge is -2.38. The van der Waals surface area contributed by atoms with Crippen LogP contribution in [0, 0.1) is 11.3 Å². The van der Waals surface area contributed by atoms with E-state index in [1.54, 1.807) is 0 Å². The maximum absolute atomic E-state index is 12.5. The molecule has 17 heavy (non-hydrogen) atoms. The van der Waals surface area contributed by atoms with Gasteiger partial charge in [0, 0.05) is 13.1 Å². The predicted octanol–water partition coefficient (Wildman–Crippen LogP) is 2.34. The zero-order chi connectivity index (χ0) is 13.1. The number of piperidine rings is 1. The van der Waals surface area contributed by atoms with Gasteiger partial charge in [0.1, 0.15) is 0 Å². The Morgan fingerprint density at radius 2 is 2.18 bits per heavy atom. The van der Waals surface area contributed by atoms with Gasteiger partial charge in [-0.15, -0.1) is 0 Å². The van der Waals surface area contributed by atoms with Crippen LogP contribution in [-0.4, -0.2) is 28.9 Å². The molecule has 1 aliphatic rings. The number of carbonyl (C=O) groups is 1. The van der Waals surface area contributed by atoms with Crippen LogP contribution in [0.5, 0.6) is 0 Å². The molecule has 98 valence electrons. The Hall–Kier alpha value is -0.640. The molecule has 4 heteroatoms. The van der Waals surface area contributed by atoms with E-state index in [0.717, 1.165) is 25.9 Å². The molecule has 0 aliphatic carbocycles. The van der Waals surface area contributed by atoms with Crippen molar-refractivity contribution in [2.75, 3.05) is 13.1 Å². The largest absolute Gasteiger partial charge is 0.392 e. The van der Waals surface area contributed by atoms with Gasteiger partial charge in [0.15, 0.2) is 0 Å². The summed E-state index contributed by atoms with van der Waals surface area (Å²) < 4.78 is 0. The van der Waals surface area contributed by atoms with E-state index in [0.29, 0.717) is 17.3 Å². The van der Waals surface area contributed by atoms with Crippen LogP contribution >= 0.6 is 12.2 Å². The minimum Gasteiger partial charge on any atom is -0.392 e. The van der Waals surface area contributed by atoms with Gasteiger partial charge >= 0.3 is 0 Å². The van der Waals surface area contributed by atoms with Gasteiger partial charge in [0.05, 0.1) is 10.4 Å². The monoisotopic (exact) mass is 256 g/mol. The maximum atomic E-state index is 12.5. The molecule has 1 saturated heterocycles. The fourth-order valence-corrected chi connectivity index (χ4v) is 2.59. The zero-order valence-electron chi connectivity index (χ0n) is 11.2. The summed E-state index contributed by atoms with van der Waals surface area (Å²) >= 11 is 5.06. The Morgan fingerprint density at radius 3 is 2.65 bits per heavy atom. The third-order valence-electron chi connectivity index (χ3n) is 4.11. The van der Waals surface area contributed by atoms with Gasteiger partial charge in [-0.05, 0) is 32.1 Å². The van der Waals surface area contributed by atoms with E-state index in [4.69, 9.17) is 18.0 Å². The number of nitrogens with zero attached hydrogens (tertiary/aromatic N) is 1. The van der Waals surface area contributed by atoms with Crippen molar-refractivity contribution in [1.82, 2.24) is 4.90 Å². The molecule has 2 atom stereocenters. The third kappa shape index (κ3) is 2.97. The standard InChI is InChI=1S/C13H24N2OS/c1-4-10-7-6-8-15(9-10)12(16)13(3,5-2)11(14)17/h10H,4-9H2,1-3H3,(H2,14,17). The maximum Gasteiger partial charge on any atom is 0.235 e. The van der Waals surface area contributed by atoms with Crippen molar-refractivity contribution in [2.45, 2.75) is 46.5 Å². The van der Waals surface area contributed by atoms with Crippen molar-refractivity contribution in [3.63, 3.8) is 0 Å². The van der Waals surface area contributed by atoms with Crippen LogP contribution in [0.4, 0.5) is 0 Å². The van der Waals surface area contributed by atoms with Crippen LogP contribution in [0.3, 0.4) is 0 Å². The second kappa shape index (κ2) is 5.80. The number of rotatable bonds is 4. The first kappa shape index (κ1) is 14.4. The minimum atomic E-state index is -0.662. The molecule has 0 aromatic heterocycles. The van der Waals surface area contributed by atoms with Crippen LogP contribution in [0.25, 0.3) is 0 Å². The van der Waals surface area contributed by atoms with Crippen molar-refractivity contribution < 1.29 is 4.79 Å². The zero-order valence-corrected chi connectivity index (χ0v) is 12.0. The molecule has 1 aliphatic heterocycles. The lowest BCUT2D eigenvalue weighted by atomic mass is 9.84. The van der Waals surface area contributed by atoms with Crippen molar-refractivity contribution in [3.05, 3.63) is 0 Å². The fraction of sp³-hybridized carbons (Fsp3) is 0.846. The van der Waals surface area contributed by atoms with Gasteiger partial charge < -0.3 is 10.6 Å². The molecule has 2 unspecified atom stereocenters. The van der Waals surface area contributed by atoms with E-state index in [9.17, 15) is 4.79 Å². The molecular weight excluding hydrogens is 232 g/mol. The van der Waals surface area contributed by atoms with Crippen molar-refractivity contribution in [3.8, 4) is 0 Å². The Balaban J connectivity index is 2.78. The van der Waals surface area contributed by atoms with Gasteiger partial charge in [-0.1, -0.05) is 32.5 Å². The Morgan fingerprint density at radius 1 is 1.53 bits per heavy atom. The summed E-state index contributed by atoms with van der Waals surface area (Å²) in [6.45, 7) is 7.75. The smallest absolute Gasteiger partial charge is 0.235 e. The lowest BCUT2D eigenvalue weighted by molar-refractivity contribution is -0.139. The van der Waals surface area contributed by atoms with Gasteiger partial charge in [0.2, 0.25) is 5.91 Å². The van der Waals surface area contributed by atoms with E-state index < -0.39 is 5.41 Å². The Bertz CT molecular complexity index is 306. The highest BCUT2D eigenvalue weighted by Crippen LogP contribution is 2.28. The molecule has 0 radical (unpaired) electrons. The summed E-state index contributed by atoms with van der Waals surface area (Å²) in [5, 5.41) is 0. The SMILES string of the molecule is CCC1CCCN(C(=O)C(C)(CC)C(N)=S)C1. The number of carbonyl (C=O) groups excluding carboxylic acids is 1. The second-order valence-electron chi connectivity index (χ2n) is 5.22. The molecular formula is C13H24N2OS. The van der Waals surface area contributed by atoms with Crippen LogP contribution in [0.1, 0.15) is 46.5 Å². The molecule has 1 amide bonds. The molecule has 0 aromatic carbocycles. The van der Waals surface area contributed by atoms with Gasteiger partial charge in [0.25, 0.3) is 0 Å². The molecule has 0 aromatic rings. The van der Waals surface area contributed by atoms with Gasteiger partial charge in [-0.25, -0.2) is 0 Å². The first-order chi connectivity index (χ1) is 7.95. The number of likely N-dealkylation sites (tertiary alicyclic amines) is 1. The van der Waals surface area contributed by atoms with Crippen LogP contribution in [0.15, 0.2) is 0 Å². The Kier molecular flexibility index (Phi) is 4.92. The van der Waals surface area contributed by atoms with Crippen molar-refractivity contribution >= 4 is 23.1 Å². The predicted molar refractivity (Wildman–Crippen MR) is 74.8 cm³/mol. The summed E-state index contributed by atoms with van der Waals surface area (Å²) in [6, 6.07) is 0. The van der Waals surface area contributed by atoms with E-state index in [1.807, 2.05) is 18.7 Å². The number of nitrogens with two attached hydrogens (primary N) is 1. The normalized spacial score (nSPS) is 24.2. The summed E-state index contributed by atoms with van der Waals surface area (Å²) in [4.78, 5) is 14.8. The summed E-state index contributed by atoms with van der Waals surface area (Å²) in [5.41, 5.74) is 5.08. The highest BCUT2D eigenvalue weighted by atomic mass is 32.1. The summed E-state index contributed by atoms with van der Waals surface area (Å²) in [5.74, 6) is 0.755. The highest BCUT2D eigenvalue weighted by Gasteiger charge is 2.39. The molecule has 1 heterocycles. The van der Waals surface area contributed by atoms with Crippen LogP contribution in [-0.2, 0) is 4.79 Å². The van der Waals surface area contributed by atoms with Crippen molar-refractivity contribution in [2.24, 2.45) is 17.1 Å². The topological polar surface area (TPSA) is 46.3 Å². The summed E-state index contributed by atoms with van der Waals surface area (Å²) in [6.07, 6.45) is 4.14. The molecule has 2 N–H and O–H groups in total. The molecule has 0 saturated carbocycles. The molecule has 3 nitrogen and oxygen atoms in total.